The van der Waals surface area contributed by atoms with Crippen LogP contribution in [0.25, 0.3) is 11.2 Å². The maximum atomic E-state index is 11.0. The molecule has 3 unspecified atom stereocenters. The van der Waals surface area contributed by atoms with E-state index in [1.54, 1.807) is 6.92 Å². The molecule has 1 aliphatic heterocycles. The van der Waals surface area contributed by atoms with Crippen molar-refractivity contribution in [1.82, 2.24) is 19.5 Å². The summed E-state index contributed by atoms with van der Waals surface area (Å²) in [7, 11) is 0. The van der Waals surface area contributed by atoms with Crippen molar-refractivity contribution in [2.45, 2.75) is 31.0 Å². The SMILES string of the molecule is C=C(C)[C@@]1(O)C(O)C(CO)OC1n1cnc2c(NCCN)ncnc21. The minimum atomic E-state index is -1.79. The molecule has 0 bridgehead atoms. The van der Waals surface area contributed by atoms with Gasteiger partial charge in [0.25, 0.3) is 0 Å². The van der Waals surface area contributed by atoms with Crippen molar-refractivity contribution in [2.24, 2.45) is 5.73 Å². The molecule has 0 radical (unpaired) electrons. The van der Waals surface area contributed by atoms with E-state index in [9.17, 15) is 15.3 Å². The lowest BCUT2D eigenvalue weighted by Crippen LogP contribution is -2.47. The van der Waals surface area contributed by atoms with Crippen molar-refractivity contribution in [1.29, 1.82) is 0 Å². The molecule has 10 heteroatoms. The Morgan fingerprint density at radius 1 is 1.48 bits per heavy atom. The van der Waals surface area contributed by atoms with Gasteiger partial charge in [-0.05, 0) is 12.5 Å². The topological polar surface area (TPSA) is 152 Å². The molecule has 3 heterocycles. The molecule has 6 N–H and O–H groups in total. The van der Waals surface area contributed by atoms with Gasteiger partial charge in [-0.1, -0.05) is 6.58 Å². The Bertz CT molecular complexity index is 780. The summed E-state index contributed by atoms with van der Waals surface area (Å²) in [6, 6.07) is 0. The Labute approximate surface area is 144 Å². The number of rotatable bonds is 6. The molecule has 1 fully saturated rings. The van der Waals surface area contributed by atoms with Gasteiger partial charge >= 0.3 is 0 Å². The van der Waals surface area contributed by atoms with Crippen LogP contribution in [0.5, 0.6) is 0 Å². The first-order valence-electron chi connectivity index (χ1n) is 7.89. The van der Waals surface area contributed by atoms with Crippen molar-refractivity contribution in [3.05, 3.63) is 24.8 Å². The molecule has 3 rings (SSSR count). The van der Waals surface area contributed by atoms with Crippen LogP contribution in [0.3, 0.4) is 0 Å². The normalized spacial score (nSPS) is 29.2. The molecule has 4 atom stereocenters. The number of hydrogen-bond donors (Lipinski definition) is 5. The zero-order valence-electron chi connectivity index (χ0n) is 13.8. The van der Waals surface area contributed by atoms with E-state index in [1.165, 1.54) is 17.2 Å². The molecule has 1 aliphatic rings. The first kappa shape index (κ1) is 17.7. The second-order valence-electron chi connectivity index (χ2n) is 6.02. The number of aromatic nitrogens is 4. The fraction of sp³-hybridized carbons (Fsp3) is 0.533. The summed E-state index contributed by atoms with van der Waals surface area (Å²) < 4.78 is 7.18. The Kier molecular flexibility index (Phi) is 4.71. The van der Waals surface area contributed by atoms with E-state index >= 15 is 0 Å². The summed E-state index contributed by atoms with van der Waals surface area (Å²) in [5.74, 6) is 0.505. The standard InChI is InChI=1S/C15H22N6O4/c1-8(2)15(24)11(23)9(5-22)25-14(15)21-7-20-10-12(17-4-3-16)18-6-19-13(10)21/h6-7,9,11,14,22-24H,1,3-5,16H2,2H3,(H,17,18,19)/t9?,11?,14?,15-/m1/s1. The summed E-state index contributed by atoms with van der Waals surface area (Å²) >= 11 is 0. The molecular weight excluding hydrogens is 328 g/mol. The summed E-state index contributed by atoms with van der Waals surface area (Å²) in [4.78, 5) is 12.6. The molecule has 2 aromatic heterocycles. The monoisotopic (exact) mass is 350 g/mol. The van der Waals surface area contributed by atoms with Crippen molar-refractivity contribution in [3.63, 3.8) is 0 Å². The fourth-order valence-electron chi connectivity index (χ4n) is 3.00. The van der Waals surface area contributed by atoms with Crippen LogP contribution in [0.2, 0.25) is 0 Å². The number of aliphatic hydroxyl groups excluding tert-OH is 2. The molecule has 2 aromatic rings. The van der Waals surface area contributed by atoms with E-state index in [0.717, 1.165) is 0 Å². The highest BCUT2D eigenvalue weighted by molar-refractivity contribution is 5.82. The third-order valence-corrected chi connectivity index (χ3v) is 4.40. The molecule has 1 saturated heterocycles. The van der Waals surface area contributed by atoms with Crippen LogP contribution in [0, 0.1) is 0 Å². The lowest BCUT2D eigenvalue weighted by molar-refractivity contribution is -0.0833. The summed E-state index contributed by atoms with van der Waals surface area (Å²) in [6.45, 7) is 5.84. The highest BCUT2D eigenvalue weighted by Gasteiger charge is 2.57. The van der Waals surface area contributed by atoms with Gasteiger partial charge in [0, 0.05) is 13.1 Å². The van der Waals surface area contributed by atoms with E-state index in [4.69, 9.17) is 10.5 Å². The van der Waals surface area contributed by atoms with Crippen molar-refractivity contribution >= 4 is 17.0 Å². The third kappa shape index (κ3) is 2.68. The molecule has 0 aliphatic carbocycles. The van der Waals surface area contributed by atoms with Crippen LogP contribution in [-0.4, -0.2) is 72.3 Å². The van der Waals surface area contributed by atoms with Crippen LogP contribution in [0.4, 0.5) is 5.82 Å². The van der Waals surface area contributed by atoms with Gasteiger partial charge in [-0.2, -0.15) is 0 Å². The molecular formula is C15H22N6O4. The lowest BCUT2D eigenvalue weighted by atomic mass is 9.87. The summed E-state index contributed by atoms with van der Waals surface area (Å²) in [5.41, 5.74) is 4.89. The Morgan fingerprint density at radius 2 is 2.24 bits per heavy atom. The van der Waals surface area contributed by atoms with Gasteiger partial charge in [0.2, 0.25) is 0 Å². The van der Waals surface area contributed by atoms with Crippen molar-refractivity contribution in [3.8, 4) is 0 Å². The average Bonchev–Trinajstić information content (AvgIpc) is 3.14. The number of nitrogens with zero attached hydrogens (tertiary/aromatic N) is 4. The Hall–Kier alpha value is -2.11. The first-order chi connectivity index (χ1) is 11.9. The number of ether oxygens (including phenoxy) is 1. The summed E-state index contributed by atoms with van der Waals surface area (Å²) in [5, 5.41) is 33.9. The van der Waals surface area contributed by atoms with E-state index < -0.39 is 30.6 Å². The van der Waals surface area contributed by atoms with Gasteiger partial charge in [-0.15, -0.1) is 0 Å². The van der Waals surface area contributed by atoms with Gasteiger partial charge in [0.15, 0.2) is 28.8 Å². The van der Waals surface area contributed by atoms with Gasteiger partial charge in [-0.3, -0.25) is 4.57 Å². The highest BCUT2D eigenvalue weighted by atomic mass is 16.6. The van der Waals surface area contributed by atoms with Crippen LogP contribution in [0.1, 0.15) is 13.2 Å². The second kappa shape index (κ2) is 6.65. The number of aliphatic hydroxyl groups is 3. The van der Waals surface area contributed by atoms with E-state index in [1.807, 2.05) is 0 Å². The van der Waals surface area contributed by atoms with Crippen molar-refractivity contribution < 1.29 is 20.1 Å². The minimum absolute atomic E-state index is 0.304. The minimum Gasteiger partial charge on any atom is -0.394 e. The zero-order chi connectivity index (χ0) is 18.2. The number of fused-ring (bicyclic) bond motifs is 1. The largest absolute Gasteiger partial charge is 0.394 e. The van der Waals surface area contributed by atoms with Gasteiger partial charge < -0.3 is 31.1 Å². The quantitative estimate of drug-likeness (QED) is 0.403. The molecule has 136 valence electrons. The van der Waals surface area contributed by atoms with E-state index in [0.29, 0.717) is 35.6 Å². The fourth-order valence-corrected chi connectivity index (χ4v) is 3.00. The molecule has 0 amide bonds. The first-order valence-corrected chi connectivity index (χ1v) is 7.89. The number of anilines is 1. The van der Waals surface area contributed by atoms with Crippen LogP contribution in [0.15, 0.2) is 24.8 Å². The average molecular weight is 350 g/mol. The molecule has 0 aromatic carbocycles. The highest BCUT2D eigenvalue weighted by Crippen LogP contribution is 2.43. The molecule has 0 spiro atoms. The van der Waals surface area contributed by atoms with Crippen LogP contribution in [-0.2, 0) is 4.74 Å². The van der Waals surface area contributed by atoms with Crippen LogP contribution >= 0.6 is 0 Å². The molecule has 10 nitrogen and oxygen atoms in total. The molecule has 25 heavy (non-hydrogen) atoms. The maximum Gasteiger partial charge on any atom is 0.172 e. The van der Waals surface area contributed by atoms with E-state index in [2.05, 4.69) is 26.8 Å². The van der Waals surface area contributed by atoms with Crippen molar-refractivity contribution in [2.75, 3.05) is 25.0 Å². The smallest absolute Gasteiger partial charge is 0.172 e. The number of nitrogens with two attached hydrogens (primary N) is 1. The Morgan fingerprint density at radius 3 is 2.88 bits per heavy atom. The predicted octanol–water partition coefficient (Wildman–Crippen LogP) is -1.25. The van der Waals surface area contributed by atoms with Gasteiger partial charge in [0.1, 0.15) is 18.5 Å². The summed E-state index contributed by atoms with van der Waals surface area (Å²) in [6.07, 6.45) is -0.541. The maximum absolute atomic E-state index is 11.0. The Balaban J connectivity index is 2.08. The van der Waals surface area contributed by atoms with Gasteiger partial charge in [-0.25, -0.2) is 15.0 Å². The van der Waals surface area contributed by atoms with E-state index in [-0.39, 0.29) is 0 Å². The number of hydrogen-bond acceptors (Lipinski definition) is 9. The number of imidazole rings is 1. The predicted molar refractivity (Wildman–Crippen MR) is 89.6 cm³/mol. The second-order valence-corrected chi connectivity index (χ2v) is 6.02. The van der Waals surface area contributed by atoms with Gasteiger partial charge in [0.05, 0.1) is 12.9 Å². The molecule has 0 saturated carbocycles. The van der Waals surface area contributed by atoms with Crippen LogP contribution < -0.4 is 11.1 Å². The zero-order valence-corrected chi connectivity index (χ0v) is 13.8. The lowest BCUT2D eigenvalue weighted by Gasteiger charge is -2.32. The third-order valence-electron chi connectivity index (χ3n) is 4.40. The number of nitrogens with one attached hydrogen (secondary N) is 1.